The zero-order chi connectivity index (χ0) is 15.9. The fraction of sp³-hybridized carbons (Fsp3) is 0.0667. The first-order valence-corrected chi connectivity index (χ1v) is 7.17. The maximum Gasteiger partial charge on any atom is 0.268 e. The van der Waals surface area contributed by atoms with Crippen molar-refractivity contribution in [1.82, 2.24) is 5.43 Å². The van der Waals surface area contributed by atoms with Crippen molar-refractivity contribution in [2.24, 2.45) is 5.84 Å². The Morgan fingerprint density at radius 3 is 2.45 bits per heavy atom. The van der Waals surface area contributed by atoms with Gasteiger partial charge in [0, 0.05) is 10.2 Å². The fourth-order valence-corrected chi connectivity index (χ4v) is 2.00. The molecule has 4 N–H and O–H groups in total. The molecule has 0 fully saturated rings. The van der Waals surface area contributed by atoms with E-state index in [4.69, 9.17) is 10.6 Å². The van der Waals surface area contributed by atoms with E-state index in [1.54, 1.807) is 36.4 Å². The SMILES string of the molecule is NNC(=O)c1ccccc1OCC(=O)Nc1ccc(Br)cc1. The molecule has 0 saturated carbocycles. The van der Waals surface area contributed by atoms with Gasteiger partial charge in [0.1, 0.15) is 5.75 Å². The van der Waals surface area contributed by atoms with Gasteiger partial charge in [0.15, 0.2) is 6.61 Å². The van der Waals surface area contributed by atoms with Crippen molar-refractivity contribution < 1.29 is 14.3 Å². The Kier molecular flexibility index (Phi) is 5.51. The second-order valence-electron chi connectivity index (χ2n) is 4.31. The smallest absolute Gasteiger partial charge is 0.268 e. The number of ether oxygens (including phenoxy) is 1. The number of benzene rings is 2. The lowest BCUT2D eigenvalue weighted by Crippen LogP contribution is -2.30. The highest BCUT2D eigenvalue weighted by Crippen LogP contribution is 2.18. The minimum atomic E-state index is -0.482. The number of hydrazine groups is 1. The molecule has 2 rings (SSSR count). The summed E-state index contributed by atoms with van der Waals surface area (Å²) in [4.78, 5) is 23.4. The normalized spacial score (nSPS) is 9.91. The van der Waals surface area contributed by atoms with Gasteiger partial charge in [-0.1, -0.05) is 28.1 Å². The lowest BCUT2D eigenvalue weighted by Gasteiger charge is -2.10. The van der Waals surface area contributed by atoms with Gasteiger partial charge in [0.25, 0.3) is 11.8 Å². The molecule has 0 unspecified atom stereocenters. The lowest BCUT2D eigenvalue weighted by molar-refractivity contribution is -0.118. The highest BCUT2D eigenvalue weighted by molar-refractivity contribution is 9.10. The van der Waals surface area contributed by atoms with Crippen LogP contribution in [0.4, 0.5) is 5.69 Å². The number of hydrogen-bond donors (Lipinski definition) is 3. The number of para-hydroxylation sites is 1. The molecule has 22 heavy (non-hydrogen) atoms. The molecule has 0 radical (unpaired) electrons. The predicted octanol–water partition coefficient (Wildman–Crippen LogP) is 2.07. The van der Waals surface area contributed by atoms with Gasteiger partial charge >= 0.3 is 0 Å². The summed E-state index contributed by atoms with van der Waals surface area (Å²) >= 11 is 3.32. The van der Waals surface area contributed by atoms with Crippen molar-refractivity contribution in [1.29, 1.82) is 0 Å². The molecule has 0 bridgehead atoms. The Labute approximate surface area is 135 Å². The number of rotatable bonds is 5. The third kappa shape index (κ3) is 4.31. The van der Waals surface area contributed by atoms with Crippen molar-refractivity contribution in [2.45, 2.75) is 0 Å². The molecule has 2 aromatic rings. The third-order valence-electron chi connectivity index (χ3n) is 2.75. The van der Waals surface area contributed by atoms with E-state index in [0.717, 1.165) is 4.47 Å². The van der Waals surface area contributed by atoms with Crippen molar-refractivity contribution >= 4 is 33.4 Å². The van der Waals surface area contributed by atoms with Crippen LogP contribution in [0.3, 0.4) is 0 Å². The van der Waals surface area contributed by atoms with Gasteiger partial charge < -0.3 is 10.1 Å². The summed E-state index contributed by atoms with van der Waals surface area (Å²) in [7, 11) is 0. The summed E-state index contributed by atoms with van der Waals surface area (Å²) in [5.74, 6) is 4.58. The first kappa shape index (κ1) is 16.0. The van der Waals surface area contributed by atoms with E-state index in [9.17, 15) is 9.59 Å². The van der Waals surface area contributed by atoms with Gasteiger partial charge in [-0.05, 0) is 36.4 Å². The second kappa shape index (κ2) is 7.58. The largest absolute Gasteiger partial charge is 0.483 e. The van der Waals surface area contributed by atoms with Gasteiger partial charge in [-0.15, -0.1) is 0 Å². The Hall–Kier alpha value is -2.38. The minimum Gasteiger partial charge on any atom is -0.483 e. The van der Waals surface area contributed by atoms with E-state index in [2.05, 4.69) is 21.2 Å². The first-order chi connectivity index (χ1) is 10.6. The average molecular weight is 364 g/mol. The minimum absolute atomic E-state index is 0.217. The number of nitrogens with one attached hydrogen (secondary N) is 2. The lowest BCUT2D eigenvalue weighted by atomic mass is 10.2. The van der Waals surface area contributed by atoms with E-state index in [0.29, 0.717) is 5.69 Å². The maximum absolute atomic E-state index is 11.8. The third-order valence-corrected chi connectivity index (χ3v) is 3.28. The maximum atomic E-state index is 11.8. The summed E-state index contributed by atoms with van der Waals surface area (Å²) in [6.07, 6.45) is 0. The summed E-state index contributed by atoms with van der Waals surface area (Å²) in [6.45, 7) is -0.217. The van der Waals surface area contributed by atoms with Gasteiger partial charge in [-0.2, -0.15) is 0 Å². The average Bonchev–Trinajstić information content (AvgIpc) is 2.54. The molecule has 0 aliphatic heterocycles. The van der Waals surface area contributed by atoms with Crippen molar-refractivity contribution in [3.8, 4) is 5.75 Å². The van der Waals surface area contributed by atoms with Crippen LogP contribution in [0.1, 0.15) is 10.4 Å². The van der Waals surface area contributed by atoms with Crippen LogP contribution < -0.4 is 21.3 Å². The van der Waals surface area contributed by atoms with Gasteiger partial charge in [-0.25, -0.2) is 5.84 Å². The Morgan fingerprint density at radius 1 is 1.09 bits per heavy atom. The molecular formula is C15H14BrN3O3. The molecule has 2 aromatic carbocycles. The molecule has 0 aliphatic rings. The molecule has 6 nitrogen and oxygen atoms in total. The number of anilines is 1. The van der Waals surface area contributed by atoms with Crippen LogP contribution in [0.2, 0.25) is 0 Å². The molecule has 7 heteroatoms. The van der Waals surface area contributed by atoms with E-state index in [1.807, 2.05) is 17.6 Å². The second-order valence-corrected chi connectivity index (χ2v) is 5.23. The standard InChI is InChI=1S/C15H14BrN3O3/c16-10-5-7-11(8-6-10)18-14(20)9-22-13-4-2-1-3-12(13)15(21)19-17/h1-8H,9,17H2,(H,18,20)(H,19,21). The Morgan fingerprint density at radius 2 is 1.77 bits per heavy atom. The molecule has 0 aliphatic carbocycles. The summed E-state index contributed by atoms with van der Waals surface area (Å²) < 4.78 is 6.30. The van der Waals surface area contributed by atoms with Gasteiger partial charge in [0.2, 0.25) is 0 Å². The van der Waals surface area contributed by atoms with Crippen molar-refractivity contribution in [2.75, 3.05) is 11.9 Å². The zero-order valence-corrected chi connectivity index (χ0v) is 13.1. The predicted molar refractivity (Wildman–Crippen MR) is 86.4 cm³/mol. The highest BCUT2D eigenvalue weighted by Gasteiger charge is 2.12. The number of nitrogen functional groups attached to an aromatic ring is 1. The Balaban J connectivity index is 1.96. The molecule has 0 saturated heterocycles. The van der Waals surface area contributed by atoms with Crippen LogP contribution >= 0.6 is 15.9 Å². The van der Waals surface area contributed by atoms with Gasteiger partial charge in [0.05, 0.1) is 5.56 Å². The topological polar surface area (TPSA) is 93.4 Å². The summed E-state index contributed by atoms with van der Waals surface area (Å²) in [5.41, 5.74) is 2.95. The molecule has 114 valence electrons. The number of halogens is 1. The van der Waals surface area contributed by atoms with Crippen molar-refractivity contribution in [3.63, 3.8) is 0 Å². The molecule has 0 spiro atoms. The fourth-order valence-electron chi connectivity index (χ4n) is 1.73. The van der Waals surface area contributed by atoms with E-state index < -0.39 is 5.91 Å². The summed E-state index contributed by atoms with van der Waals surface area (Å²) in [5, 5.41) is 2.69. The molecule has 0 aromatic heterocycles. The molecule has 2 amide bonds. The van der Waals surface area contributed by atoms with Crippen LogP contribution in [0, 0.1) is 0 Å². The molecule has 0 atom stereocenters. The quantitative estimate of drug-likeness (QED) is 0.430. The van der Waals surface area contributed by atoms with E-state index in [-0.39, 0.29) is 23.8 Å². The number of amides is 2. The monoisotopic (exact) mass is 363 g/mol. The number of carbonyl (C=O) groups is 2. The van der Waals surface area contributed by atoms with Crippen LogP contribution in [0.25, 0.3) is 0 Å². The van der Waals surface area contributed by atoms with Crippen LogP contribution in [0.15, 0.2) is 53.0 Å². The van der Waals surface area contributed by atoms with E-state index >= 15 is 0 Å². The van der Waals surface area contributed by atoms with Crippen LogP contribution in [0.5, 0.6) is 5.75 Å². The van der Waals surface area contributed by atoms with Crippen molar-refractivity contribution in [3.05, 3.63) is 58.6 Å². The molecular weight excluding hydrogens is 350 g/mol. The number of nitrogens with two attached hydrogens (primary N) is 1. The number of carbonyl (C=O) groups excluding carboxylic acids is 2. The van der Waals surface area contributed by atoms with E-state index in [1.165, 1.54) is 0 Å². The summed E-state index contributed by atoms with van der Waals surface area (Å²) in [6, 6.07) is 13.7. The highest BCUT2D eigenvalue weighted by atomic mass is 79.9. The van der Waals surface area contributed by atoms with Gasteiger partial charge in [-0.3, -0.25) is 15.0 Å². The zero-order valence-electron chi connectivity index (χ0n) is 11.5. The van der Waals surface area contributed by atoms with Crippen LogP contribution in [-0.2, 0) is 4.79 Å². The Bertz CT molecular complexity index is 674. The number of hydrogen-bond acceptors (Lipinski definition) is 4. The first-order valence-electron chi connectivity index (χ1n) is 6.38. The van der Waals surface area contributed by atoms with Crippen LogP contribution in [-0.4, -0.2) is 18.4 Å². The molecule has 0 heterocycles.